The van der Waals surface area contributed by atoms with Crippen molar-refractivity contribution in [3.8, 4) is 0 Å². The fourth-order valence-electron chi connectivity index (χ4n) is 4.61. The van der Waals surface area contributed by atoms with Gasteiger partial charge in [0.1, 0.15) is 30.5 Å². The number of ether oxygens (including phenoxy) is 1. The van der Waals surface area contributed by atoms with Crippen molar-refractivity contribution in [3.05, 3.63) is 53.7 Å². The Balaban J connectivity index is 1.61. The normalized spacial score (nSPS) is 25.7. The summed E-state index contributed by atoms with van der Waals surface area (Å²) < 4.78 is 11.1. The molecule has 39 heavy (non-hydrogen) atoms. The summed E-state index contributed by atoms with van der Waals surface area (Å²) in [6.07, 6.45) is 2.44. The van der Waals surface area contributed by atoms with Crippen molar-refractivity contribution in [2.45, 2.75) is 75.8 Å². The highest BCUT2D eigenvalue weighted by Gasteiger charge is 2.32. The number of nitrogens with one attached hydrogen (secondary N) is 4. The van der Waals surface area contributed by atoms with E-state index >= 15 is 0 Å². The van der Waals surface area contributed by atoms with Crippen LogP contribution in [0.1, 0.15) is 67.0 Å². The highest BCUT2D eigenvalue weighted by Crippen LogP contribution is 2.20. The van der Waals surface area contributed by atoms with E-state index in [0.29, 0.717) is 38.7 Å². The molecule has 0 spiro atoms. The number of aliphatic hydroxyl groups is 1. The van der Waals surface area contributed by atoms with Crippen LogP contribution in [0, 0.1) is 0 Å². The summed E-state index contributed by atoms with van der Waals surface area (Å²) in [5.74, 6) is -1.92. The van der Waals surface area contributed by atoms with Crippen LogP contribution in [0.5, 0.6) is 0 Å². The smallest absolute Gasteiger partial charge is 0.273 e. The lowest BCUT2D eigenvalue weighted by Crippen LogP contribution is -2.52. The third kappa shape index (κ3) is 7.64. The van der Waals surface area contributed by atoms with Gasteiger partial charge in [0.05, 0.1) is 6.10 Å². The molecule has 0 unspecified atom stereocenters. The van der Waals surface area contributed by atoms with Gasteiger partial charge in [-0.1, -0.05) is 30.3 Å². The fourth-order valence-corrected chi connectivity index (χ4v) is 4.61. The van der Waals surface area contributed by atoms with Gasteiger partial charge < -0.3 is 35.5 Å². The molecule has 2 aliphatic heterocycles. The first-order valence-corrected chi connectivity index (χ1v) is 13.3. The zero-order valence-electron chi connectivity index (χ0n) is 21.9. The molecule has 0 radical (unpaired) electrons. The van der Waals surface area contributed by atoms with Crippen molar-refractivity contribution >= 4 is 23.6 Å². The van der Waals surface area contributed by atoms with Crippen molar-refractivity contribution in [1.29, 1.82) is 0 Å². The molecule has 5 atom stereocenters. The summed E-state index contributed by atoms with van der Waals surface area (Å²) in [4.78, 5) is 56.1. The molecular formula is C27H35N5O7. The third-order valence-corrected chi connectivity index (χ3v) is 6.78. The monoisotopic (exact) mass is 541 g/mol. The Bertz CT molecular complexity index is 1150. The molecule has 4 amide bonds. The van der Waals surface area contributed by atoms with Crippen molar-refractivity contribution in [2.75, 3.05) is 13.2 Å². The molecule has 1 fully saturated rings. The first-order chi connectivity index (χ1) is 18.8. The highest BCUT2D eigenvalue weighted by molar-refractivity contribution is 5.96. The summed E-state index contributed by atoms with van der Waals surface area (Å²) in [5, 5.41) is 21.1. The lowest BCUT2D eigenvalue weighted by molar-refractivity contribution is -0.135. The lowest BCUT2D eigenvalue weighted by atomic mass is 10.0. The Morgan fingerprint density at radius 3 is 2.62 bits per heavy atom. The molecule has 2 bridgehead atoms. The van der Waals surface area contributed by atoms with Crippen LogP contribution in [0.15, 0.2) is 41.0 Å². The van der Waals surface area contributed by atoms with E-state index in [0.717, 1.165) is 18.2 Å². The van der Waals surface area contributed by atoms with E-state index in [1.54, 1.807) is 0 Å². The van der Waals surface area contributed by atoms with Crippen molar-refractivity contribution in [3.63, 3.8) is 0 Å². The van der Waals surface area contributed by atoms with Crippen molar-refractivity contribution in [2.24, 2.45) is 0 Å². The van der Waals surface area contributed by atoms with Gasteiger partial charge in [0, 0.05) is 19.6 Å². The Labute approximate surface area is 226 Å². The Morgan fingerprint density at radius 1 is 1.10 bits per heavy atom. The van der Waals surface area contributed by atoms with Crippen LogP contribution in [-0.4, -0.2) is 71.2 Å². The summed E-state index contributed by atoms with van der Waals surface area (Å²) in [6, 6.07) is 6.61. The molecular weight excluding hydrogens is 506 g/mol. The number of nitrogens with zero attached hydrogens (tertiary/aromatic N) is 1. The highest BCUT2D eigenvalue weighted by atomic mass is 16.5. The van der Waals surface area contributed by atoms with Crippen LogP contribution in [0.3, 0.4) is 0 Å². The lowest BCUT2D eigenvalue weighted by Gasteiger charge is -2.24. The van der Waals surface area contributed by atoms with E-state index in [1.165, 1.54) is 6.92 Å². The van der Waals surface area contributed by atoms with Gasteiger partial charge in [0.25, 0.3) is 5.91 Å². The number of fused-ring (bicyclic) bond motifs is 2. The van der Waals surface area contributed by atoms with Crippen LogP contribution in [0.2, 0.25) is 0 Å². The molecule has 5 N–H and O–H groups in total. The standard InChI is InChI=1S/C27H35N5O7/c1-16(33)22-26(37)28-12-6-5-10-18(29-25(36)21-11-7-13-38-21)23(34)30-19(14-17-8-3-2-4-9-17)27-31-20(15-39-27)24(35)32-22/h2-4,8-9,15-16,18-19,21-22,33H,5-7,10-14H2,1H3,(H,28,37)(H,29,36)(H,30,34)(H,32,35)/t16-,18+,19+,21-,22+/m1/s1. The molecule has 12 nitrogen and oxygen atoms in total. The van der Waals surface area contributed by atoms with Crippen LogP contribution >= 0.6 is 0 Å². The van der Waals surface area contributed by atoms with E-state index in [4.69, 9.17) is 9.15 Å². The minimum absolute atomic E-state index is 0.0895. The number of aromatic nitrogens is 1. The molecule has 1 aromatic heterocycles. The average Bonchev–Trinajstić information content (AvgIpc) is 3.63. The van der Waals surface area contributed by atoms with E-state index in [9.17, 15) is 24.3 Å². The molecule has 1 aromatic carbocycles. The van der Waals surface area contributed by atoms with E-state index in [1.807, 2.05) is 30.3 Å². The number of rotatable bonds is 5. The predicted octanol–water partition coefficient (Wildman–Crippen LogP) is 0.518. The van der Waals surface area contributed by atoms with Gasteiger partial charge in [-0.15, -0.1) is 0 Å². The minimum atomic E-state index is -1.19. The molecule has 3 heterocycles. The van der Waals surface area contributed by atoms with Gasteiger partial charge in [0.15, 0.2) is 5.69 Å². The second-order valence-electron chi connectivity index (χ2n) is 9.86. The number of amides is 4. The number of oxazole rings is 1. The second kappa shape index (κ2) is 13.3. The van der Waals surface area contributed by atoms with E-state index in [2.05, 4.69) is 26.3 Å². The number of carbonyl (C=O) groups excluding carboxylic acids is 4. The van der Waals surface area contributed by atoms with Gasteiger partial charge in [0.2, 0.25) is 23.6 Å². The Hall–Kier alpha value is -3.77. The molecule has 1 saturated heterocycles. The van der Waals surface area contributed by atoms with Crippen LogP contribution in [-0.2, 0) is 25.5 Å². The zero-order valence-corrected chi connectivity index (χ0v) is 21.9. The van der Waals surface area contributed by atoms with Crippen LogP contribution < -0.4 is 21.3 Å². The fraction of sp³-hybridized carbons (Fsp3) is 0.519. The van der Waals surface area contributed by atoms with Crippen LogP contribution in [0.25, 0.3) is 0 Å². The molecule has 2 aromatic rings. The van der Waals surface area contributed by atoms with Gasteiger partial charge in [-0.05, 0) is 44.6 Å². The van der Waals surface area contributed by atoms with Gasteiger partial charge in [-0.3, -0.25) is 19.2 Å². The topological polar surface area (TPSA) is 172 Å². The SMILES string of the molecule is C[C@@H](O)[C@@H]1NC(=O)c2coc(n2)[C@H](Cc2ccccc2)NC(=O)[C@@H](NC(=O)[C@H]2CCCO2)CCCCNC1=O. The molecule has 2 aliphatic rings. The minimum Gasteiger partial charge on any atom is -0.446 e. The maximum atomic E-state index is 13.5. The summed E-state index contributed by atoms with van der Waals surface area (Å²) in [7, 11) is 0. The summed E-state index contributed by atoms with van der Waals surface area (Å²) in [6.45, 7) is 2.17. The number of benzene rings is 1. The Morgan fingerprint density at radius 2 is 1.90 bits per heavy atom. The number of carbonyl (C=O) groups is 4. The zero-order chi connectivity index (χ0) is 27.8. The quantitative estimate of drug-likeness (QED) is 0.364. The predicted molar refractivity (Wildman–Crippen MR) is 138 cm³/mol. The molecule has 4 rings (SSSR count). The van der Waals surface area contributed by atoms with Crippen LogP contribution in [0.4, 0.5) is 0 Å². The first-order valence-electron chi connectivity index (χ1n) is 13.3. The maximum Gasteiger partial charge on any atom is 0.273 e. The molecule has 0 saturated carbocycles. The van der Waals surface area contributed by atoms with Crippen molar-refractivity contribution in [1.82, 2.24) is 26.3 Å². The van der Waals surface area contributed by atoms with E-state index < -0.39 is 48.1 Å². The summed E-state index contributed by atoms with van der Waals surface area (Å²) in [5.41, 5.74) is 0.790. The number of hydrogen-bond donors (Lipinski definition) is 5. The van der Waals surface area contributed by atoms with Gasteiger partial charge >= 0.3 is 0 Å². The van der Waals surface area contributed by atoms with E-state index in [-0.39, 0.29) is 24.0 Å². The summed E-state index contributed by atoms with van der Waals surface area (Å²) >= 11 is 0. The maximum absolute atomic E-state index is 13.5. The third-order valence-electron chi connectivity index (χ3n) is 6.78. The first kappa shape index (κ1) is 28.2. The molecule has 210 valence electrons. The van der Waals surface area contributed by atoms with Gasteiger partial charge in [-0.25, -0.2) is 4.98 Å². The molecule has 0 aliphatic carbocycles. The number of hydrogen-bond acceptors (Lipinski definition) is 8. The Kier molecular flexibility index (Phi) is 9.66. The van der Waals surface area contributed by atoms with Gasteiger partial charge in [-0.2, -0.15) is 0 Å². The van der Waals surface area contributed by atoms with Crippen molar-refractivity contribution < 1.29 is 33.4 Å². The average molecular weight is 542 g/mol. The second-order valence-corrected chi connectivity index (χ2v) is 9.86. The molecule has 12 heteroatoms. The number of aliphatic hydroxyl groups excluding tert-OH is 1. The largest absolute Gasteiger partial charge is 0.446 e.